The van der Waals surface area contributed by atoms with Gasteiger partial charge < -0.3 is 14.8 Å². The fraction of sp³-hybridized carbons (Fsp3) is 0.120. The number of aromatic nitrogens is 1. The van der Waals surface area contributed by atoms with Crippen LogP contribution in [0.5, 0.6) is 11.5 Å². The number of amides is 1. The first-order chi connectivity index (χ1) is 16.5. The van der Waals surface area contributed by atoms with E-state index in [0.29, 0.717) is 47.2 Å². The number of carbonyl (C=O) groups excluding carboxylic acids is 1. The van der Waals surface area contributed by atoms with Crippen LogP contribution in [0, 0.1) is 0 Å². The Labute approximate surface area is 196 Å². The minimum Gasteiger partial charge on any atom is -0.490 e. The van der Waals surface area contributed by atoms with Crippen molar-refractivity contribution in [2.45, 2.75) is 11.3 Å². The van der Waals surface area contributed by atoms with Crippen molar-refractivity contribution in [3.05, 3.63) is 84.6 Å². The quantitative estimate of drug-likeness (QED) is 0.442. The second-order valence-corrected chi connectivity index (χ2v) is 9.36. The Hall–Kier alpha value is -4.11. The number of anilines is 2. The van der Waals surface area contributed by atoms with E-state index in [1.54, 1.807) is 48.7 Å². The van der Waals surface area contributed by atoms with Gasteiger partial charge in [0.15, 0.2) is 11.5 Å². The van der Waals surface area contributed by atoms with Gasteiger partial charge in [-0.05, 0) is 48.5 Å². The molecule has 1 amide bonds. The molecule has 4 aromatic rings. The van der Waals surface area contributed by atoms with Crippen molar-refractivity contribution in [1.29, 1.82) is 0 Å². The zero-order valence-corrected chi connectivity index (χ0v) is 18.8. The third-order valence-corrected chi connectivity index (χ3v) is 6.68. The van der Waals surface area contributed by atoms with Crippen molar-refractivity contribution < 1.29 is 22.7 Å². The molecule has 2 heterocycles. The minimum atomic E-state index is -3.84. The van der Waals surface area contributed by atoms with E-state index in [1.807, 2.05) is 18.2 Å². The maximum absolute atomic E-state index is 12.9. The molecule has 0 saturated carbocycles. The zero-order valence-electron chi connectivity index (χ0n) is 18.0. The van der Waals surface area contributed by atoms with Crippen LogP contribution in [0.4, 0.5) is 11.4 Å². The van der Waals surface area contributed by atoms with Gasteiger partial charge >= 0.3 is 0 Å². The Morgan fingerprint density at radius 2 is 1.59 bits per heavy atom. The van der Waals surface area contributed by atoms with Crippen molar-refractivity contribution >= 4 is 38.2 Å². The molecule has 3 aromatic carbocycles. The molecule has 0 fully saturated rings. The number of fused-ring (bicyclic) bond motifs is 2. The number of carbonyl (C=O) groups is 1. The van der Waals surface area contributed by atoms with Gasteiger partial charge in [0.2, 0.25) is 0 Å². The standard InChI is InChI=1S/C25H21N3O5S/c29-25(21-6-1-4-17-5-2-13-26-24(17)21)27-18-7-9-19(10-8-18)28-34(30,31)20-11-12-22-23(16-20)33-15-3-14-32-22/h1-2,4-13,16,28H,3,14-15H2,(H,27,29). The highest BCUT2D eigenvalue weighted by molar-refractivity contribution is 7.92. The van der Waals surface area contributed by atoms with Gasteiger partial charge in [0.25, 0.3) is 15.9 Å². The molecule has 1 aliphatic rings. The Morgan fingerprint density at radius 1 is 0.853 bits per heavy atom. The number of sulfonamides is 1. The molecular weight excluding hydrogens is 454 g/mol. The summed E-state index contributed by atoms with van der Waals surface area (Å²) >= 11 is 0. The van der Waals surface area contributed by atoms with Crippen molar-refractivity contribution in [2.75, 3.05) is 23.3 Å². The highest BCUT2D eigenvalue weighted by Crippen LogP contribution is 2.32. The summed E-state index contributed by atoms with van der Waals surface area (Å²) in [6.07, 6.45) is 2.37. The Bertz CT molecular complexity index is 1460. The van der Waals surface area contributed by atoms with Crippen LogP contribution in [-0.2, 0) is 10.0 Å². The molecule has 0 saturated heterocycles. The average Bonchev–Trinajstić information content (AvgIpc) is 3.10. The number of nitrogens with one attached hydrogen (secondary N) is 2. The van der Waals surface area contributed by atoms with Gasteiger partial charge in [0, 0.05) is 35.4 Å². The lowest BCUT2D eigenvalue weighted by Crippen LogP contribution is -2.14. The average molecular weight is 476 g/mol. The predicted octanol–water partition coefficient (Wildman–Crippen LogP) is 4.45. The van der Waals surface area contributed by atoms with Crippen molar-refractivity contribution in [3.8, 4) is 11.5 Å². The smallest absolute Gasteiger partial charge is 0.262 e. The Balaban J connectivity index is 1.30. The van der Waals surface area contributed by atoms with Crippen molar-refractivity contribution in [2.24, 2.45) is 0 Å². The van der Waals surface area contributed by atoms with Crippen LogP contribution in [0.15, 0.2) is 83.9 Å². The molecule has 0 radical (unpaired) electrons. The highest BCUT2D eigenvalue weighted by atomic mass is 32.2. The molecule has 172 valence electrons. The van der Waals surface area contributed by atoms with Gasteiger partial charge in [-0.2, -0.15) is 0 Å². The number of nitrogens with zero attached hydrogens (tertiary/aromatic N) is 1. The molecule has 1 aliphatic heterocycles. The second-order valence-electron chi connectivity index (χ2n) is 7.68. The van der Waals surface area contributed by atoms with Crippen molar-refractivity contribution in [1.82, 2.24) is 4.98 Å². The lowest BCUT2D eigenvalue weighted by molar-refractivity contribution is 0.102. The van der Waals surface area contributed by atoms with Crippen LogP contribution in [0.3, 0.4) is 0 Å². The van der Waals surface area contributed by atoms with Crippen LogP contribution in [-0.4, -0.2) is 32.5 Å². The third kappa shape index (κ3) is 4.51. The van der Waals surface area contributed by atoms with E-state index in [0.717, 1.165) is 11.8 Å². The summed E-state index contributed by atoms with van der Waals surface area (Å²) in [6, 6.07) is 20.1. The number of benzene rings is 3. The number of pyridine rings is 1. The van der Waals surface area contributed by atoms with Crippen LogP contribution in [0.25, 0.3) is 10.9 Å². The fourth-order valence-electron chi connectivity index (χ4n) is 3.63. The van der Waals surface area contributed by atoms with Gasteiger partial charge in [-0.25, -0.2) is 8.42 Å². The molecule has 5 rings (SSSR count). The van der Waals surface area contributed by atoms with Crippen LogP contribution in [0.1, 0.15) is 16.8 Å². The molecule has 0 unspecified atom stereocenters. The first-order valence-corrected chi connectivity index (χ1v) is 12.2. The number of para-hydroxylation sites is 1. The van der Waals surface area contributed by atoms with Gasteiger partial charge in [0.05, 0.1) is 29.2 Å². The van der Waals surface area contributed by atoms with E-state index in [2.05, 4.69) is 15.0 Å². The molecule has 2 N–H and O–H groups in total. The molecular formula is C25H21N3O5S. The topological polar surface area (TPSA) is 107 Å². The first kappa shape index (κ1) is 21.7. The summed E-state index contributed by atoms with van der Waals surface area (Å²) in [5.41, 5.74) is 1.95. The second kappa shape index (κ2) is 9.03. The van der Waals surface area contributed by atoms with E-state index < -0.39 is 10.0 Å². The summed E-state index contributed by atoms with van der Waals surface area (Å²) in [7, 11) is -3.84. The van der Waals surface area contributed by atoms with E-state index in [4.69, 9.17) is 9.47 Å². The van der Waals surface area contributed by atoms with E-state index in [9.17, 15) is 13.2 Å². The predicted molar refractivity (Wildman–Crippen MR) is 129 cm³/mol. The molecule has 1 aromatic heterocycles. The third-order valence-electron chi connectivity index (χ3n) is 5.30. The summed E-state index contributed by atoms with van der Waals surface area (Å²) in [6.45, 7) is 0.989. The van der Waals surface area contributed by atoms with Gasteiger partial charge in [-0.1, -0.05) is 18.2 Å². The summed E-state index contributed by atoms with van der Waals surface area (Å²) in [5, 5.41) is 3.70. The van der Waals surface area contributed by atoms with Gasteiger partial charge in [0.1, 0.15) is 0 Å². The van der Waals surface area contributed by atoms with E-state index in [-0.39, 0.29) is 10.8 Å². The summed E-state index contributed by atoms with van der Waals surface area (Å²) < 4.78 is 39.4. The Kier molecular flexibility index (Phi) is 5.77. The molecule has 34 heavy (non-hydrogen) atoms. The SMILES string of the molecule is O=C(Nc1ccc(NS(=O)(=O)c2ccc3c(c2)OCCCO3)cc1)c1cccc2cccnc12. The lowest BCUT2D eigenvalue weighted by atomic mass is 10.1. The van der Waals surface area contributed by atoms with E-state index in [1.165, 1.54) is 12.1 Å². The lowest BCUT2D eigenvalue weighted by Gasteiger charge is -2.12. The monoisotopic (exact) mass is 475 g/mol. The Morgan fingerprint density at radius 3 is 2.41 bits per heavy atom. The van der Waals surface area contributed by atoms with Crippen molar-refractivity contribution in [3.63, 3.8) is 0 Å². The highest BCUT2D eigenvalue weighted by Gasteiger charge is 2.19. The van der Waals surface area contributed by atoms with Gasteiger partial charge in [-0.3, -0.25) is 14.5 Å². The van der Waals surface area contributed by atoms with Crippen LogP contribution >= 0.6 is 0 Å². The summed E-state index contributed by atoms with van der Waals surface area (Å²) in [5.74, 6) is 0.629. The maximum atomic E-state index is 12.9. The summed E-state index contributed by atoms with van der Waals surface area (Å²) in [4.78, 5) is 17.2. The van der Waals surface area contributed by atoms with Crippen LogP contribution < -0.4 is 19.5 Å². The number of ether oxygens (including phenoxy) is 2. The minimum absolute atomic E-state index is 0.0672. The molecule has 9 heteroatoms. The number of rotatable bonds is 5. The van der Waals surface area contributed by atoms with E-state index >= 15 is 0 Å². The first-order valence-electron chi connectivity index (χ1n) is 10.7. The molecule has 8 nitrogen and oxygen atoms in total. The largest absolute Gasteiger partial charge is 0.490 e. The molecule has 0 aliphatic carbocycles. The normalized spacial score (nSPS) is 13.2. The zero-order chi connectivity index (χ0) is 23.5. The van der Waals surface area contributed by atoms with Gasteiger partial charge in [-0.15, -0.1) is 0 Å². The maximum Gasteiger partial charge on any atom is 0.262 e. The fourth-order valence-corrected chi connectivity index (χ4v) is 4.71. The molecule has 0 spiro atoms. The molecule has 0 bridgehead atoms. The number of hydrogen-bond acceptors (Lipinski definition) is 6. The molecule has 0 atom stereocenters. The number of hydrogen-bond donors (Lipinski definition) is 2. The van der Waals surface area contributed by atoms with Crippen LogP contribution in [0.2, 0.25) is 0 Å².